The van der Waals surface area contributed by atoms with E-state index in [-0.39, 0.29) is 24.5 Å². The van der Waals surface area contributed by atoms with E-state index in [1.807, 2.05) is 0 Å². The predicted molar refractivity (Wildman–Crippen MR) is 76.3 cm³/mol. The van der Waals surface area contributed by atoms with Gasteiger partial charge in [0.15, 0.2) is 18.2 Å². The average molecular weight is 290 g/mol. The summed E-state index contributed by atoms with van der Waals surface area (Å²) in [4.78, 5) is 29.8. The van der Waals surface area contributed by atoms with Gasteiger partial charge in [0.2, 0.25) is 0 Å². The molecule has 1 aromatic rings. The van der Waals surface area contributed by atoms with Crippen molar-refractivity contribution in [3.8, 4) is 5.75 Å². The standard InChI is InChI=1S/C14H18N4O3/c1-18(9-4-6-15-7-5-9)14(20)10-2-3-11-13(16-10)17-12(19)8-21-11/h2-3,9,15H,4-8H2,1H3,(H,16,17,19). The lowest BCUT2D eigenvalue weighted by molar-refractivity contribution is -0.118. The largest absolute Gasteiger partial charge is 0.480 e. The van der Waals surface area contributed by atoms with Crippen molar-refractivity contribution in [2.24, 2.45) is 0 Å². The van der Waals surface area contributed by atoms with Crippen LogP contribution in [-0.2, 0) is 4.79 Å². The number of aromatic nitrogens is 1. The van der Waals surface area contributed by atoms with Gasteiger partial charge >= 0.3 is 0 Å². The fraction of sp³-hybridized carbons (Fsp3) is 0.500. The van der Waals surface area contributed by atoms with Gasteiger partial charge in [-0.3, -0.25) is 9.59 Å². The molecule has 0 saturated carbocycles. The molecular weight excluding hydrogens is 272 g/mol. The van der Waals surface area contributed by atoms with E-state index in [1.165, 1.54) is 0 Å². The first kappa shape index (κ1) is 13.8. The normalized spacial score (nSPS) is 18.4. The molecule has 1 saturated heterocycles. The van der Waals surface area contributed by atoms with Gasteiger partial charge < -0.3 is 20.3 Å². The summed E-state index contributed by atoms with van der Waals surface area (Å²) >= 11 is 0. The first-order valence-electron chi connectivity index (χ1n) is 7.07. The number of fused-ring (bicyclic) bond motifs is 1. The van der Waals surface area contributed by atoms with E-state index < -0.39 is 0 Å². The molecule has 2 amide bonds. The molecule has 0 aromatic carbocycles. The van der Waals surface area contributed by atoms with Gasteiger partial charge in [-0.25, -0.2) is 4.98 Å². The summed E-state index contributed by atoms with van der Waals surface area (Å²) in [7, 11) is 1.80. The Balaban J connectivity index is 1.78. The number of hydrogen-bond acceptors (Lipinski definition) is 5. The first-order chi connectivity index (χ1) is 10.1. The van der Waals surface area contributed by atoms with Crippen molar-refractivity contribution in [2.45, 2.75) is 18.9 Å². The predicted octanol–water partition coefficient (Wildman–Crippen LogP) is 0.236. The summed E-state index contributed by atoms with van der Waals surface area (Å²) in [5.74, 6) is 0.419. The highest BCUT2D eigenvalue weighted by atomic mass is 16.5. The zero-order valence-corrected chi connectivity index (χ0v) is 11.9. The van der Waals surface area contributed by atoms with Gasteiger partial charge in [-0.15, -0.1) is 0 Å². The van der Waals surface area contributed by atoms with E-state index in [9.17, 15) is 9.59 Å². The highest BCUT2D eigenvalue weighted by Crippen LogP contribution is 2.26. The second-order valence-electron chi connectivity index (χ2n) is 5.28. The minimum atomic E-state index is -0.258. The number of ether oxygens (including phenoxy) is 1. The number of anilines is 1. The van der Waals surface area contributed by atoms with Crippen LogP contribution in [0, 0.1) is 0 Å². The summed E-state index contributed by atoms with van der Waals surface area (Å²) in [5, 5.41) is 5.89. The fourth-order valence-corrected chi connectivity index (χ4v) is 2.62. The monoisotopic (exact) mass is 290 g/mol. The van der Waals surface area contributed by atoms with Crippen LogP contribution >= 0.6 is 0 Å². The zero-order valence-electron chi connectivity index (χ0n) is 11.9. The molecule has 112 valence electrons. The van der Waals surface area contributed by atoms with Crippen LogP contribution in [0.2, 0.25) is 0 Å². The Labute approximate surface area is 122 Å². The number of carbonyl (C=O) groups excluding carboxylic acids is 2. The molecule has 0 radical (unpaired) electrons. The van der Waals surface area contributed by atoms with Crippen molar-refractivity contribution in [3.05, 3.63) is 17.8 Å². The topological polar surface area (TPSA) is 83.6 Å². The van der Waals surface area contributed by atoms with Gasteiger partial charge in [-0.1, -0.05) is 0 Å². The van der Waals surface area contributed by atoms with Gasteiger partial charge in [0.25, 0.3) is 11.8 Å². The van der Waals surface area contributed by atoms with Crippen LogP contribution in [0.1, 0.15) is 23.3 Å². The molecule has 0 bridgehead atoms. The van der Waals surface area contributed by atoms with E-state index in [1.54, 1.807) is 24.1 Å². The molecule has 1 aromatic heterocycles. The number of pyridine rings is 1. The quantitative estimate of drug-likeness (QED) is 0.815. The number of nitrogens with one attached hydrogen (secondary N) is 2. The second kappa shape index (κ2) is 5.69. The maximum atomic E-state index is 12.5. The summed E-state index contributed by atoms with van der Waals surface area (Å²) in [6.07, 6.45) is 1.88. The van der Waals surface area contributed by atoms with E-state index >= 15 is 0 Å². The Morgan fingerprint density at radius 2 is 2.14 bits per heavy atom. The van der Waals surface area contributed by atoms with E-state index in [0.29, 0.717) is 17.3 Å². The third-order valence-corrected chi connectivity index (χ3v) is 3.87. The van der Waals surface area contributed by atoms with E-state index in [0.717, 1.165) is 25.9 Å². The molecule has 7 nitrogen and oxygen atoms in total. The van der Waals surface area contributed by atoms with Gasteiger partial charge in [0.1, 0.15) is 5.69 Å². The zero-order chi connectivity index (χ0) is 14.8. The summed E-state index contributed by atoms with van der Waals surface area (Å²) in [6.45, 7) is 1.82. The van der Waals surface area contributed by atoms with Gasteiger partial charge in [-0.2, -0.15) is 0 Å². The lowest BCUT2D eigenvalue weighted by Gasteiger charge is -2.31. The van der Waals surface area contributed by atoms with Crippen LogP contribution in [0.3, 0.4) is 0 Å². The lowest BCUT2D eigenvalue weighted by Crippen LogP contribution is -2.44. The molecule has 2 N–H and O–H groups in total. The first-order valence-corrected chi connectivity index (χ1v) is 7.07. The molecular formula is C14H18N4O3. The van der Waals surface area contributed by atoms with Crippen molar-refractivity contribution in [1.82, 2.24) is 15.2 Å². The maximum absolute atomic E-state index is 12.5. The number of piperidine rings is 1. The van der Waals surface area contributed by atoms with Gasteiger partial charge in [0, 0.05) is 13.1 Å². The summed E-state index contributed by atoms with van der Waals surface area (Å²) in [6, 6.07) is 3.53. The number of hydrogen-bond donors (Lipinski definition) is 2. The van der Waals surface area contributed by atoms with Crippen molar-refractivity contribution in [3.63, 3.8) is 0 Å². The second-order valence-corrected chi connectivity index (χ2v) is 5.28. The van der Waals surface area contributed by atoms with Crippen LogP contribution in [0.4, 0.5) is 5.82 Å². The van der Waals surface area contributed by atoms with Crippen LogP contribution in [0.15, 0.2) is 12.1 Å². The van der Waals surface area contributed by atoms with Crippen LogP contribution in [0.25, 0.3) is 0 Å². The van der Waals surface area contributed by atoms with E-state index in [4.69, 9.17) is 4.74 Å². The summed E-state index contributed by atoms with van der Waals surface area (Å²) < 4.78 is 5.24. The minimum absolute atomic E-state index is 0.0169. The van der Waals surface area contributed by atoms with Crippen LogP contribution < -0.4 is 15.4 Å². The van der Waals surface area contributed by atoms with Crippen molar-refractivity contribution in [2.75, 3.05) is 32.1 Å². The molecule has 1 fully saturated rings. The lowest BCUT2D eigenvalue weighted by atomic mass is 10.1. The van der Waals surface area contributed by atoms with E-state index in [2.05, 4.69) is 15.6 Å². The van der Waals surface area contributed by atoms with Crippen LogP contribution in [0.5, 0.6) is 5.75 Å². The third kappa shape index (κ3) is 2.82. The van der Waals surface area contributed by atoms with Crippen molar-refractivity contribution in [1.29, 1.82) is 0 Å². The molecule has 7 heteroatoms. The summed E-state index contributed by atoms with van der Waals surface area (Å²) in [5.41, 5.74) is 0.320. The van der Waals surface area contributed by atoms with Crippen molar-refractivity contribution < 1.29 is 14.3 Å². The molecule has 0 unspecified atom stereocenters. The molecule has 0 spiro atoms. The minimum Gasteiger partial charge on any atom is -0.480 e. The SMILES string of the molecule is CN(C(=O)c1ccc2c(n1)NC(=O)CO2)C1CCNCC1. The Hall–Kier alpha value is -2.15. The number of nitrogens with zero attached hydrogens (tertiary/aromatic N) is 2. The Bertz CT molecular complexity index is 569. The van der Waals surface area contributed by atoms with Crippen molar-refractivity contribution >= 4 is 17.6 Å². The average Bonchev–Trinajstić information content (AvgIpc) is 2.53. The molecule has 21 heavy (non-hydrogen) atoms. The molecule has 3 rings (SSSR count). The molecule has 0 atom stereocenters. The molecule has 3 heterocycles. The highest BCUT2D eigenvalue weighted by Gasteiger charge is 2.25. The molecule has 0 aliphatic carbocycles. The molecule has 2 aliphatic rings. The fourth-order valence-electron chi connectivity index (χ4n) is 2.62. The third-order valence-electron chi connectivity index (χ3n) is 3.87. The number of carbonyl (C=O) groups is 2. The highest BCUT2D eigenvalue weighted by molar-refractivity contribution is 5.97. The van der Waals surface area contributed by atoms with Crippen LogP contribution in [-0.4, -0.2) is 54.5 Å². The Kier molecular flexibility index (Phi) is 3.74. The Morgan fingerprint density at radius 1 is 1.38 bits per heavy atom. The maximum Gasteiger partial charge on any atom is 0.272 e. The number of amides is 2. The number of rotatable bonds is 2. The van der Waals surface area contributed by atoms with Gasteiger partial charge in [0.05, 0.1) is 0 Å². The Morgan fingerprint density at radius 3 is 2.90 bits per heavy atom. The smallest absolute Gasteiger partial charge is 0.272 e. The molecule has 2 aliphatic heterocycles. The van der Waals surface area contributed by atoms with Gasteiger partial charge in [-0.05, 0) is 38.1 Å².